The third-order valence-corrected chi connectivity index (χ3v) is 10.1. The number of aromatic nitrogens is 3. The van der Waals surface area contributed by atoms with Crippen molar-refractivity contribution < 1.29 is 4.74 Å². The molecule has 0 spiro atoms. The number of benzene rings is 1. The molecule has 0 bridgehead atoms. The Bertz CT molecular complexity index is 937. The molecule has 0 fully saturated rings. The molecular formula is C27H45N5OSSi. The predicted molar refractivity (Wildman–Crippen MR) is 151 cm³/mol. The Balaban J connectivity index is 1.47. The molecule has 2 N–H and O–H groups in total. The zero-order valence-corrected chi connectivity index (χ0v) is 24.3. The molecule has 0 radical (unpaired) electrons. The van der Waals surface area contributed by atoms with Gasteiger partial charge in [0.05, 0.1) is 5.75 Å². The molecule has 1 aromatic carbocycles. The molecule has 0 saturated carbocycles. The van der Waals surface area contributed by atoms with E-state index in [0.29, 0.717) is 0 Å². The molecule has 2 aliphatic rings. The fourth-order valence-electron chi connectivity index (χ4n) is 5.31. The van der Waals surface area contributed by atoms with Crippen molar-refractivity contribution in [2.75, 3.05) is 37.3 Å². The summed E-state index contributed by atoms with van der Waals surface area (Å²) < 4.78 is 6.64. The zero-order chi connectivity index (χ0) is 24.8. The molecule has 1 aromatic heterocycles. The lowest BCUT2D eigenvalue weighted by molar-refractivity contribution is 0.0805. The van der Waals surface area contributed by atoms with E-state index in [-0.39, 0.29) is 6.23 Å². The van der Waals surface area contributed by atoms with E-state index in [1.807, 2.05) is 11.8 Å². The first-order valence-electron chi connectivity index (χ1n) is 13.6. The van der Waals surface area contributed by atoms with E-state index >= 15 is 0 Å². The predicted octanol–water partition coefficient (Wildman–Crippen LogP) is 5.82. The van der Waals surface area contributed by atoms with E-state index in [1.54, 1.807) is 11.1 Å². The molecule has 8 heteroatoms. The van der Waals surface area contributed by atoms with E-state index in [2.05, 4.69) is 65.0 Å². The minimum atomic E-state index is -1.18. The quantitative estimate of drug-likeness (QED) is 0.188. The minimum Gasteiger partial charge on any atom is -0.354 e. The first-order chi connectivity index (χ1) is 16.9. The van der Waals surface area contributed by atoms with Crippen molar-refractivity contribution >= 4 is 25.8 Å². The minimum absolute atomic E-state index is 0.164. The normalized spacial score (nSPS) is 16.1. The maximum atomic E-state index is 6.64. The summed E-state index contributed by atoms with van der Waals surface area (Å²) in [7, 11) is -1.18. The van der Waals surface area contributed by atoms with Gasteiger partial charge in [-0.25, -0.2) is 0 Å². The van der Waals surface area contributed by atoms with Gasteiger partial charge in [0.1, 0.15) is 5.82 Å². The van der Waals surface area contributed by atoms with Crippen molar-refractivity contribution in [2.24, 2.45) is 0 Å². The van der Waals surface area contributed by atoms with Gasteiger partial charge in [0, 0.05) is 32.5 Å². The smallest absolute Gasteiger partial charge is 0.224 e. The van der Waals surface area contributed by atoms with Crippen LogP contribution < -0.4 is 5.32 Å². The van der Waals surface area contributed by atoms with E-state index < -0.39 is 8.07 Å². The molecule has 35 heavy (non-hydrogen) atoms. The Morgan fingerprint density at radius 3 is 2.37 bits per heavy atom. The van der Waals surface area contributed by atoms with Gasteiger partial charge in [-0.15, -0.1) is 10.2 Å². The van der Waals surface area contributed by atoms with Crippen LogP contribution in [0.4, 0.5) is 5.95 Å². The zero-order valence-electron chi connectivity index (χ0n) is 22.5. The van der Waals surface area contributed by atoms with Crippen molar-refractivity contribution in [1.82, 2.24) is 20.1 Å². The second-order valence-electron chi connectivity index (χ2n) is 11.2. The molecule has 0 saturated heterocycles. The van der Waals surface area contributed by atoms with Gasteiger partial charge in [0.15, 0.2) is 6.23 Å². The third-order valence-electron chi connectivity index (χ3n) is 7.40. The standard InChI is InChI=1S/C27H45N5OSSi/c1-6-32(7-2)14-16-34-19-24-28-27(31-30-24)29-26(33-15-17-35(3,4)5)25-22-12-8-10-20(22)18-21-11-9-13-23(21)25/h18,26H,6-17,19H2,1-5H3,(H2,28,29,30,31). The van der Waals surface area contributed by atoms with Crippen LogP contribution >= 0.6 is 11.8 Å². The number of aryl methyl sites for hydroxylation is 2. The Morgan fingerprint density at radius 2 is 1.74 bits per heavy atom. The van der Waals surface area contributed by atoms with Crippen LogP contribution in [-0.2, 0) is 36.2 Å². The highest BCUT2D eigenvalue weighted by Crippen LogP contribution is 2.39. The van der Waals surface area contributed by atoms with E-state index in [9.17, 15) is 0 Å². The summed E-state index contributed by atoms with van der Waals surface area (Å²) in [5, 5.41) is 12.5. The lowest BCUT2D eigenvalue weighted by Crippen LogP contribution is -2.25. The van der Waals surface area contributed by atoms with Gasteiger partial charge < -0.3 is 19.9 Å². The number of fused-ring (bicyclic) bond motifs is 2. The van der Waals surface area contributed by atoms with Crippen molar-refractivity contribution in [3.63, 3.8) is 0 Å². The molecule has 2 aliphatic carbocycles. The SMILES string of the molecule is CCN(CC)CCSCc1nnc(NC(OCC[Si](C)(C)C)c2c3c(cc4c2CCC4)CCC3)[nH]1. The van der Waals surface area contributed by atoms with Crippen LogP contribution in [-0.4, -0.2) is 60.1 Å². The molecule has 194 valence electrons. The number of ether oxygens (including phenoxy) is 1. The third kappa shape index (κ3) is 7.12. The molecule has 4 rings (SSSR count). The topological polar surface area (TPSA) is 66.1 Å². The Hall–Kier alpha value is -1.35. The second-order valence-corrected chi connectivity index (χ2v) is 17.9. The molecule has 1 atom stereocenters. The van der Waals surface area contributed by atoms with Gasteiger partial charge in [-0.3, -0.25) is 0 Å². The molecule has 2 aromatic rings. The Kier molecular flexibility index (Phi) is 9.35. The summed E-state index contributed by atoms with van der Waals surface area (Å²) in [4.78, 5) is 5.89. The lowest BCUT2D eigenvalue weighted by atomic mass is 9.93. The van der Waals surface area contributed by atoms with Gasteiger partial charge in [-0.2, -0.15) is 11.8 Å². The fraction of sp³-hybridized carbons (Fsp3) is 0.704. The second kappa shape index (κ2) is 12.3. The number of aromatic amines is 1. The highest BCUT2D eigenvalue weighted by Gasteiger charge is 2.30. The largest absolute Gasteiger partial charge is 0.354 e. The summed E-state index contributed by atoms with van der Waals surface area (Å²) in [5.41, 5.74) is 7.56. The van der Waals surface area contributed by atoms with Crippen LogP contribution in [0.2, 0.25) is 25.7 Å². The number of nitrogens with one attached hydrogen (secondary N) is 2. The van der Waals surface area contributed by atoms with Gasteiger partial charge in [-0.1, -0.05) is 39.6 Å². The van der Waals surface area contributed by atoms with Gasteiger partial charge in [-0.05, 0) is 79.9 Å². The average Bonchev–Trinajstić information content (AvgIpc) is 3.57. The van der Waals surface area contributed by atoms with Gasteiger partial charge in [0.2, 0.25) is 5.95 Å². The number of rotatable bonds is 14. The molecule has 1 heterocycles. The number of anilines is 1. The van der Waals surface area contributed by atoms with E-state index in [4.69, 9.17) is 4.74 Å². The molecule has 0 aliphatic heterocycles. The maximum Gasteiger partial charge on any atom is 0.224 e. The van der Waals surface area contributed by atoms with Gasteiger partial charge in [0.25, 0.3) is 0 Å². The summed E-state index contributed by atoms with van der Waals surface area (Å²) in [6, 6.07) is 3.66. The van der Waals surface area contributed by atoms with Crippen molar-refractivity contribution in [3.05, 3.63) is 39.7 Å². The van der Waals surface area contributed by atoms with Crippen molar-refractivity contribution in [3.8, 4) is 0 Å². The first kappa shape index (κ1) is 26.7. The van der Waals surface area contributed by atoms with Gasteiger partial charge >= 0.3 is 0 Å². The maximum absolute atomic E-state index is 6.64. The van der Waals surface area contributed by atoms with Crippen LogP contribution in [0.3, 0.4) is 0 Å². The van der Waals surface area contributed by atoms with E-state index in [1.165, 1.54) is 55.2 Å². The van der Waals surface area contributed by atoms with Crippen LogP contribution in [0, 0.1) is 0 Å². The summed E-state index contributed by atoms with van der Waals surface area (Å²) in [6.07, 6.45) is 7.08. The average molecular weight is 516 g/mol. The number of nitrogens with zero attached hydrogens (tertiary/aromatic N) is 3. The fourth-order valence-corrected chi connectivity index (χ4v) is 6.90. The monoisotopic (exact) mass is 515 g/mol. The number of hydrogen-bond acceptors (Lipinski definition) is 6. The number of hydrogen-bond donors (Lipinski definition) is 2. The highest BCUT2D eigenvalue weighted by atomic mass is 32.2. The first-order valence-corrected chi connectivity index (χ1v) is 18.5. The summed E-state index contributed by atoms with van der Waals surface area (Å²) >= 11 is 1.91. The lowest BCUT2D eigenvalue weighted by Gasteiger charge is -2.26. The van der Waals surface area contributed by atoms with Crippen LogP contribution in [0.1, 0.15) is 66.6 Å². The molecule has 6 nitrogen and oxygen atoms in total. The molecular weight excluding hydrogens is 470 g/mol. The van der Waals surface area contributed by atoms with Crippen LogP contribution in [0.15, 0.2) is 6.07 Å². The Morgan fingerprint density at radius 1 is 1.06 bits per heavy atom. The highest BCUT2D eigenvalue weighted by molar-refractivity contribution is 7.98. The van der Waals surface area contributed by atoms with Crippen molar-refractivity contribution in [1.29, 1.82) is 0 Å². The van der Waals surface area contributed by atoms with Crippen LogP contribution in [0.5, 0.6) is 0 Å². The van der Waals surface area contributed by atoms with Crippen LogP contribution in [0.25, 0.3) is 0 Å². The number of thioether (sulfide) groups is 1. The van der Waals surface area contributed by atoms with Crippen molar-refractivity contribution in [2.45, 2.75) is 90.0 Å². The Labute approximate surface area is 217 Å². The van der Waals surface area contributed by atoms with E-state index in [0.717, 1.165) is 55.6 Å². The summed E-state index contributed by atoms with van der Waals surface area (Å²) in [6.45, 7) is 15.8. The summed E-state index contributed by atoms with van der Waals surface area (Å²) in [5.74, 6) is 3.62. The molecule has 1 unspecified atom stereocenters. The number of H-pyrrole nitrogens is 1. The molecule has 0 amide bonds.